The van der Waals surface area contributed by atoms with Crippen LogP contribution in [0.2, 0.25) is 0 Å². The quantitative estimate of drug-likeness (QED) is 0.834. The second-order valence-electron chi connectivity index (χ2n) is 3.76. The molecule has 15 heavy (non-hydrogen) atoms. The van der Waals surface area contributed by atoms with Crippen molar-refractivity contribution in [2.24, 2.45) is 5.73 Å². The lowest BCUT2D eigenvalue weighted by molar-refractivity contribution is 0.605. The Morgan fingerprint density at radius 3 is 3.07 bits per heavy atom. The average Bonchev–Trinajstić information content (AvgIpc) is 2.29. The minimum absolute atomic E-state index is 0.178. The first-order valence-electron chi connectivity index (χ1n) is 5.17. The summed E-state index contributed by atoms with van der Waals surface area (Å²) in [5.41, 5.74) is 10.1. The number of rotatable bonds is 2. The summed E-state index contributed by atoms with van der Waals surface area (Å²) in [6.07, 6.45) is 2.96. The van der Waals surface area contributed by atoms with Gasteiger partial charge in [-0.25, -0.2) is 0 Å². The number of anilines is 1. The van der Waals surface area contributed by atoms with E-state index in [0.29, 0.717) is 0 Å². The molecule has 0 bridgehead atoms. The van der Waals surface area contributed by atoms with Gasteiger partial charge in [0, 0.05) is 30.4 Å². The fraction of sp³-hybridized carbons (Fsp3) is 0.333. The number of benzene rings is 1. The lowest BCUT2D eigenvalue weighted by Gasteiger charge is -2.33. The van der Waals surface area contributed by atoms with Gasteiger partial charge in [-0.1, -0.05) is 35.9 Å². The van der Waals surface area contributed by atoms with Gasteiger partial charge in [0.15, 0.2) is 0 Å². The van der Waals surface area contributed by atoms with Gasteiger partial charge in [0.25, 0.3) is 0 Å². The molecule has 0 fully saturated rings. The maximum atomic E-state index is 6.07. The van der Waals surface area contributed by atoms with Crippen molar-refractivity contribution in [3.05, 3.63) is 41.4 Å². The minimum atomic E-state index is 0.178. The van der Waals surface area contributed by atoms with Crippen LogP contribution in [0.1, 0.15) is 18.0 Å². The van der Waals surface area contributed by atoms with Crippen LogP contribution in [0.5, 0.6) is 0 Å². The largest absolute Gasteiger partial charge is 0.367 e. The zero-order valence-electron chi connectivity index (χ0n) is 8.57. The monoisotopic (exact) mass is 222 g/mol. The van der Waals surface area contributed by atoms with Gasteiger partial charge >= 0.3 is 0 Å². The number of hydrogen-bond donors (Lipinski definition) is 1. The molecule has 0 saturated heterocycles. The molecule has 0 aromatic heterocycles. The van der Waals surface area contributed by atoms with E-state index in [1.807, 2.05) is 18.2 Å². The molecule has 3 heteroatoms. The second-order valence-corrected chi connectivity index (χ2v) is 4.01. The van der Waals surface area contributed by atoms with Crippen LogP contribution in [0.25, 0.3) is 0 Å². The van der Waals surface area contributed by atoms with Crippen LogP contribution in [0.15, 0.2) is 35.9 Å². The Kier molecular flexibility index (Phi) is 3.29. The number of para-hydroxylation sites is 1. The van der Waals surface area contributed by atoms with E-state index in [1.165, 1.54) is 11.3 Å². The Labute approximate surface area is 95.3 Å². The first-order chi connectivity index (χ1) is 7.33. The van der Waals surface area contributed by atoms with Crippen LogP contribution in [-0.2, 0) is 0 Å². The third kappa shape index (κ3) is 2.16. The summed E-state index contributed by atoms with van der Waals surface area (Å²) in [5.74, 6) is 0. The predicted octanol–water partition coefficient (Wildman–Crippen LogP) is 2.65. The fourth-order valence-electron chi connectivity index (χ4n) is 2.02. The topological polar surface area (TPSA) is 29.3 Å². The maximum Gasteiger partial charge on any atom is 0.0417 e. The number of nitrogens with zero attached hydrogens (tertiary/aromatic N) is 1. The fourth-order valence-corrected chi connectivity index (χ4v) is 2.10. The highest BCUT2D eigenvalue weighted by atomic mass is 35.5. The number of hydrogen-bond acceptors (Lipinski definition) is 2. The number of nitrogens with two attached hydrogens (primary N) is 1. The summed E-state index contributed by atoms with van der Waals surface area (Å²) < 4.78 is 0. The average molecular weight is 223 g/mol. The third-order valence-corrected chi connectivity index (χ3v) is 2.98. The molecule has 0 amide bonds. The van der Waals surface area contributed by atoms with Gasteiger partial charge in [-0.15, -0.1) is 0 Å². The van der Waals surface area contributed by atoms with E-state index in [1.54, 1.807) is 5.54 Å². The molecule has 0 saturated carbocycles. The van der Waals surface area contributed by atoms with Crippen molar-refractivity contribution in [2.45, 2.75) is 12.5 Å². The Balaban J connectivity index is 2.27. The zero-order valence-corrected chi connectivity index (χ0v) is 9.32. The van der Waals surface area contributed by atoms with Crippen molar-refractivity contribution in [2.75, 3.05) is 18.0 Å². The zero-order chi connectivity index (χ0) is 10.7. The van der Waals surface area contributed by atoms with Gasteiger partial charge in [0.05, 0.1) is 0 Å². The normalized spacial score (nSPS) is 20.7. The van der Waals surface area contributed by atoms with Gasteiger partial charge in [-0.3, -0.25) is 0 Å². The predicted molar refractivity (Wildman–Crippen MR) is 65.2 cm³/mol. The highest BCUT2D eigenvalue weighted by molar-refractivity contribution is 6.25. The van der Waals surface area contributed by atoms with Gasteiger partial charge < -0.3 is 10.6 Å². The van der Waals surface area contributed by atoms with Gasteiger partial charge in [0.2, 0.25) is 0 Å². The number of halogens is 1. The summed E-state index contributed by atoms with van der Waals surface area (Å²) in [4.78, 5) is 2.30. The third-order valence-electron chi connectivity index (χ3n) is 2.80. The maximum absolute atomic E-state index is 6.07. The lowest BCUT2D eigenvalue weighted by Crippen LogP contribution is -2.33. The second kappa shape index (κ2) is 4.69. The standard InChI is InChI=1S/C12H15ClN2/c13-7-3-8-15-9-6-11(14)10-4-1-2-5-12(10)15/h1-5,7,11H,6,8-9,14H2/b7-3+. The summed E-state index contributed by atoms with van der Waals surface area (Å²) >= 11 is 5.54. The van der Waals surface area contributed by atoms with Crippen molar-refractivity contribution in [3.63, 3.8) is 0 Å². The van der Waals surface area contributed by atoms with Crippen molar-refractivity contribution < 1.29 is 0 Å². The molecule has 0 radical (unpaired) electrons. The molecule has 1 unspecified atom stereocenters. The molecule has 1 atom stereocenters. The van der Waals surface area contributed by atoms with Crippen molar-refractivity contribution in [1.82, 2.24) is 0 Å². The molecule has 1 aromatic carbocycles. The summed E-state index contributed by atoms with van der Waals surface area (Å²) in [6, 6.07) is 8.50. The van der Waals surface area contributed by atoms with E-state index in [9.17, 15) is 0 Å². The van der Waals surface area contributed by atoms with Crippen LogP contribution in [0.3, 0.4) is 0 Å². The van der Waals surface area contributed by atoms with Crippen molar-refractivity contribution in [3.8, 4) is 0 Å². The summed E-state index contributed by atoms with van der Waals surface area (Å²) in [7, 11) is 0. The lowest BCUT2D eigenvalue weighted by atomic mass is 9.97. The molecular weight excluding hydrogens is 208 g/mol. The molecule has 2 nitrogen and oxygen atoms in total. The Morgan fingerprint density at radius 1 is 1.47 bits per heavy atom. The highest BCUT2D eigenvalue weighted by Gasteiger charge is 2.20. The van der Waals surface area contributed by atoms with E-state index in [-0.39, 0.29) is 6.04 Å². The van der Waals surface area contributed by atoms with E-state index in [2.05, 4.69) is 17.0 Å². The van der Waals surface area contributed by atoms with Crippen molar-refractivity contribution >= 4 is 17.3 Å². The van der Waals surface area contributed by atoms with Crippen LogP contribution < -0.4 is 10.6 Å². The molecule has 0 spiro atoms. The summed E-state index contributed by atoms with van der Waals surface area (Å²) in [6.45, 7) is 1.85. The molecule has 0 aliphatic carbocycles. The van der Waals surface area contributed by atoms with E-state index in [4.69, 9.17) is 17.3 Å². The molecule has 1 heterocycles. The van der Waals surface area contributed by atoms with Crippen molar-refractivity contribution in [1.29, 1.82) is 0 Å². The van der Waals surface area contributed by atoms with Gasteiger partial charge in [-0.2, -0.15) is 0 Å². The molecule has 1 aliphatic rings. The van der Waals surface area contributed by atoms with Crippen LogP contribution >= 0.6 is 11.6 Å². The molecule has 1 aromatic rings. The van der Waals surface area contributed by atoms with Crippen LogP contribution in [0.4, 0.5) is 5.69 Å². The Morgan fingerprint density at radius 2 is 2.27 bits per heavy atom. The first-order valence-corrected chi connectivity index (χ1v) is 5.61. The molecule has 2 N–H and O–H groups in total. The smallest absolute Gasteiger partial charge is 0.0417 e. The van der Waals surface area contributed by atoms with E-state index < -0.39 is 0 Å². The Bertz CT molecular complexity index is 362. The molecule has 2 rings (SSSR count). The minimum Gasteiger partial charge on any atom is -0.367 e. The Hall–Kier alpha value is -0.990. The summed E-state index contributed by atoms with van der Waals surface area (Å²) in [5, 5.41) is 0. The SMILES string of the molecule is NC1CCN(C/C=C/Cl)c2ccccc21. The molecule has 80 valence electrons. The van der Waals surface area contributed by atoms with E-state index >= 15 is 0 Å². The highest BCUT2D eigenvalue weighted by Crippen LogP contribution is 2.31. The number of fused-ring (bicyclic) bond motifs is 1. The molecular formula is C12H15ClN2. The first kappa shape index (κ1) is 10.5. The molecule has 1 aliphatic heterocycles. The van der Waals surface area contributed by atoms with Gasteiger partial charge in [-0.05, 0) is 18.1 Å². The van der Waals surface area contributed by atoms with Gasteiger partial charge in [0.1, 0.15) is 0 Å². The van der Waals surface area contributed by atoms with Crippen LogP contribution in [0, 0.1) is 0 Å². The van der Waals surface area contributed by atoms with Crippen LogP contribution in [-0.4, -0.2) is 13.1 Å². The van der Waals surface area contributed by atoms with E-state index in [0.717, 1.165) is 19.5 Å².